The highest BCUT2D eigenvalue weighted by Crippen LogP contribution is 2.25. The maximum atomic E-state index is 3.69. The molecule has 178 valence electrons. The summed E-state index contributed by atoms with van der Waals surface area (Å²) in [6.45, 7) is 0. The van der Waals surface area contributed by atoms with Gasteiger partial charge in [0, 0.05) is 44.3 Å². The molecule has 0 amide bonds. The number of fused-ring (bicyclic) bond motifs is 8. The summed E-state index contributed by atoms with van der Waals surface area (Å²) in [6, 6.07) is 38.3. The van der Waals surface area contributed by atoms with Crippen LogP contribution in [0.3, 0.4) is 0 Å². The minimum Gasteiger partial charge on any atom is -0.355 e. The lowest BCUT2D eigenvalue weighted by Gasteiger charge is -2.06. The van der Waals surface area contributed by atoms with E-state index in [1.165, 1.54) is 0 Å². The van der Waals surface area contributed by atoms with Gasteiger partial charge in [-0.2, -0.15) is 0 Å². The molecular formula is C32H23IN4. The minimum absolute atomic E-state index is 1.04. The molecule has 4 N–H and O–H groups in total. The predicted molar refractivity (Wildman–Crippen MR) is 158 cm³/mol. The zero-order valence-corrected chi connectivity index (χ0v) is 22.0. The molecule has 0 aliphatic carbocycles. The Kier molecular flexibility index (Phi) is 5.36. The molecule has 0 unspecified atom stereocenters. The summed E-state index contributed by atoms with van der Waals surface area (Å²) in [5.74, 6) is 0. The van der Waals surface area contributed by atoms with Crippen molar-refractivity contribution in [2.75, 3.05) is 0 Å². The molecule has 4 aromatic heterocycles. The Morgan fingerprint density at radius 2 is 1.00 bits per heavy atom. The first kappa shape index (κ1) is 22.0. The van der Waals surface area contributed by atoms with Gasteiger partial charge in [0.05, 0.1) is 14.6 Å². The molecule has 6 aromatic rings. The van der Waals surface area contributed by atoms with E-state index in [9.17, 15) is 0 Å². The molecule has 2 aromatic carbocycles. The summed E-state index contributed by atoms with van der Waals surface area (Å²) in [5.41, 5.74) is 8.86. The predicted octanol–water partition coefficient (Wildman–Crippen LogP) is 4.23. The lowest BCUT2D eigenvalue weighted by molar-refractivity contribution is 1.21. The first-order chi connectivity index (χ1) is 18.2. The van der Waals surface area contributed by atoms with Crippen molar-refractivity contribution in [3.63, 3.8) is 0 Å². The molecule has 4 nitrogen and oxygen atoms in total. The molecule has 0 radical (unpaired) electrons. The van der Waals surface area contributed by atoms with Crippen LogP contribution < -0.4 is 21.4 Å². The Morgan fingerprint density at radius 1 is 0.432 bits per heavy atom. The zero-order valence-electron chi connectivity index (χ0n) is 19.8. The summed E-state index contributed by atoms with van der Waals surface area (Å²) in [7, 11) is 0. The van der Waals surface area contributed by atoms with Gasteiger partial charge in [-0.1, -0.05) is 60.7 Å². The van der Waals surface area contributed by atoms with Crippen molar-refractivity contribution in [2.45, 2.75) is 0 Å². The molecule has 37 heavy (non-hydrogen) atoms. The Labute approximate surface area is 227 Å². The summed E-state index contributed by atoms with van der Waals surface area (Å²) in [6.07, 6.45) is 2.15. The molecule has 0 atom stereocenters. The first-order valence-corrected chi connectivity index (χ1v) is 13.3. The average molecular weight is 590 g/mol. The highest BCUT2D eigenvalue weighted by molar-refractivity contribution is 14.1. The van der Waals surface area contributed by atoms with Gasteiger partial charge in [0.15, 0.2) is 0 Å². The van der Waals surface area contributed by atoms with Gasteiger partial charge in [0.25, 0.3) is 0 Å². The smallest absolute Gasteiger partial charge is 0.0600 e. The SMILES string of the molecule is IC1=c2ccc([nH]2)=C(c2ccccc2)c2ccc([nH]2)C=c2ccc([nH]2)=C(c2ccccc2)c2ccc1[nH]2. The largest absolute Gasteiger partial charge is 0.355 e. The fraction of sp³-hybridized carbons (Fsp3) is 0. The van der Waals surface area contributed by atoms with E-state index in [4.69, 9.17) is 0 Å². The van der Waals surface area contributed by atoms with Gasteiger partial charge in [-0.25, -0.2) is 0 Å². The number of benzene rings is 2. The van der Waals surface area contributed by atoms with E-state index in [1.807, 2.05) is 0 Å². The zero-order chi connectivity index (χ0) is 24.8. The Hall–Kier alpha value is -4.23. The van der Waals surface area contributed by atoms with Crippen molar-refractivity contribution in [3.8, 4) is 0 Å². The van der Waals surface area contributed by atoms with Crippen LogP contribution in [0, 0.1) is 0 Å². The third kappa shape index (κ3) is 4.01. The van der Waals surface area contributed by atoms with Crippen LogP contribution in [0.4, 0.5) is 0 Å². The van der Waals surface area contributed by atoms with Crippen molar-refractivity contribution < 1.29 is 0 Å². The van der Waals surface area contributed by atoms with Crippen LogP contribution in [0.1, 0.15) is 33.9 Å². The molecule has 0 saturated heterocycles. The molecule has 0 spiro atoms. The van der Waals surface area contributed by atoms with Gasteiger partial charge in [-0.15, -0.1) is 0 Å². The maximum Gasteiger partial charge on any atom is 0.0600 e. The van der Waals surface area contributed by atoms with Gasteiger partial charge in [-0.05, 0) is 88.3 Å². The van der Waals surface area contributed by atoms with E-state index in [1.54, 1.807) is 0 Å². The summed E-state index contributed by atoms with van der Waals surface area (Å²) in [5, 5.41) is 4.26. The quantitative estimate of drug-likeness (QED) is 0.219. The second-order valence-electron chi connectivity index (χ2n) is 9.17. The molecule has 0 saturated carbocycles. The normalized spacial score (nSPS) is 13.1. The van der Waals surface area contributed by atoms with Gasteiger partial charge in [0.2, 0.25) is 0 Å². The van der Waals surface area contributed by atoms with Crippen molar-refractivity contribution >= 4 is 43.4 Å². The Balaban J connectivity index is 1.56. The number of hydrogen-bond acceptors (Lipinski definition) is 0. The number of hydrogen-bond donors (Lipinski definition) is 4. The van der Waals surface area contributed by atoms with E-state index >= 15 is 0 Å². The van der Waals surface area contributed by atoms with Gasteiger partial charge in [0.1, 0.15) is 0 Å². The lowest BCUT2D eigenvalue weighted by Crippen LogP contribution is -2.16. The molecule has 7 rings (SSSR count). The molecule has 5 heterocycles. The molecule has 8 bridgehead atoms. The van der Waals surface area contributed by atoms with Crippen LogP contribution in [0.5, 0.6) is 0 Å². The summed E-state index contributed by atoms with van der Waals surface area (Å²) < 4.78 is 1.13. The minimum atomic E-state index is 1.04. The molecule has 5 heteroatoms. The number of aromatic nitrogens is 4. The topological polar surface area (TPSA) is 63.2 Å². The van der Waals surface area contributed by atoms with E-state index in [2.05, 4.69) is 158 Å². The molecule has 1 aliphatic heterocycles. The highest BCUT2D eigenvalue weighted by Gasteiger charge is 2.13. The van der Waals surface area contributed by atoms with Crippen LogP contribution in [0.2, 0.25) is 0 Å². The number of H-pyrrole nitrogens is 4. The summed E-state index contributed by atoms with van der Waals surface area (Å²) >= 11 is 2.43. The first-order valence-electron chi connectivity index (χ1n) is 12.2. The average Bonchev–Trinajstić information content (AvgIpc) is 3.74. The number of halogens is 1. The third-order valence-corrected chi connectivity index (χ3v) is 7.94. The molecular weight excluding hydrogens is 567 g/mol. The van der Waals surface area contributed by atoms with E-state index in [-0.39, 0.29) is 0 Å². The maximum absolute atomic E-state index is 3.69. The monoisotopic (exact) mass is 590 g/mol. The second kappa shape index (κ2) is 9.01. The van der Waals surface area contributed by atoms with E-state index in [0.29, 0.717) is 0 Å². The van der Waals surface area contributed by atoms with Gasteiger partial charge >= 0.3 is 0 Å². The highest BCUT2D eigenvalue weighted by atomic mass is 127. The van der Waals surface area contributed by atoms with Crippen molar-refractivity contribution in [1.29, 1.82) is 0 Å². The number of nitrogens with one attached hydrogen (secondary N) is 4. The standard InChI is InChI=1S/C32H23IN4/c33-32-28-17-15-26(36-28)30(20-7-3-1-4-8-20)24-13-11-22(34-24)19-23-12-14-25(35-23)31(21-9-5-2-6-10-21)27-16-18-29(32)37-27/h1-19,34-37H. The molecule has 1 aliphatic rings. The van der Waals surface area contributed by atoms with Crippen LogP contribution in [0.25, 0.3) is 20.8 Å². The lowest BCUT2D eigenvalue weighted by atomic mass is 10.0. The number of rotatable bonds is 2. The number of aromatic amines is 4. The third-order valence-electron chi connectivity index (χ3n) is 6.78. The fourth-order valence-electron chi connectivity index (χ4n) is 5.06. The van der Waals surface area contributed by atoms with Crippen molar-refractivity contribution in [1.82, 2.24) is 19.9 Å². The van der Waals surface area contributed by atoms with Crippen LogP contribution >= 0.6 is 22.6 Å². The van der Waals surface area contributed by atoms with Gasteiger partial charge in [-0.3, -0.25) is 0 Å². The van der Waals surface area contributed by atoms with Crippen molar-refractivity contribution in [3.05, 3.63) is 164 Å². The fourth-order valence-corrected chi connectivity index (χ4v) is 5.69. The van der Waals surface area contributed by atoms with Gasteiger partial charge < -0.3 is 19.9 Å². The van der Waals surface area contributed by atoms with Crippen LogP contribution in [-0.4, -0.2) is 19.9 Å². The van der Waals surface area contributed by atoms with E-state index < -0.39 is 0 Å². The van der Waals surface area contributed by atoms with Crippen LogP contribution in [0.15, 0.2) is 109 Å². The Morgan fingerprint density at radius 3 is 1.73 bits per heavy atom. The Bertz CT molecular complexity index is 1980. The van der Waals surface area contributed by atoms with Crippen molar-refractivity contribution in [2.24, 2.45) is 0 Å². The molecule has 0 fully saturated rings. The van der Waals surface area contributed by atoms with Crippen LogP contribution in [-0.2, 0) is 0 Å². The second-order valence-corrected chi connectivity index (χ2v) is 10.2. The summed E-state index contributed by atoms with van der Waals surface area (Å²) in [4.78, 5) is 14.7. The van der Waals surface area contributed by atoms with E-state index in [0.717, 1.165) is 70.0 Å².